The minimum atomic E-state index is -4.54. The van der Waals surface area contributed by atoms with E-state index in [-0.39, 0.29) is 17.8 Å². The van der Waals surface area contributed by atoms with Crippen LogP contribution in [-0.4, -0.2) is 27.4 Å². The van der Waals surface area contributed by atoms with E-state index < -0.39 is 35.5 Å². The molecule has 1 aliphatic heterocycles. The van der Waals surface area contributed by atoms with Gasteiger partial charge in [-0.3, -0.25) is 4.79 Å². The third kappa shape index (κ3) is 4.06. The highest BCUT2D eigenvalue weighted by Crippen LogP contribution is 2.44. The Morgan fingerprint density at radius 3 is 2.41 bits per heavy atom. The minimum Gasteiger partial charge on any atom is -0.363 e. The number of carbonyl (C=O) groups excluding carboxylic acids is 1. The van der Waals surface area contributed by atoms with Crippen molar-refractivity contribution in [2.45, 2.75) is 51.0 Å². The topological polar surface area (TPSA) is 59.0 Å². The van der Waals surface area contributed by atoms with E-state index in [4.69, 9.17) is 0 Å². The number of anilines is 1. The maximum absolute atomic E-state index is 13.6. The van der Waals surface area contributed by atoms with Gasteiger partial charge in [0.05, 0.1) is 12.2 Å². The summed E-state index contributed by atoms with van der Waals surface area (Å²) in [6.07, 6.45) is -3.72. The molecule has 0 aliphatic carbocycles. The van der Waals surface area contributed by atoms with Gasteiger partial charge < -0.3 is 10.6 Å². The van der Waals surface area contributed by atoms with Crippen molar-refractivity contribution in [1.29, 1.82) is 0 Å². The molecule has 0 unspecified atom stereocenters. The summed E-state index contributed by atoms with van der Waals surface area (Å²) in [6, 6.07) is 2.63. The van der Waals surface area contributed by atoms with Crippen molar-refractivity contribution < 1.29 is 22.4 Å². The van der Waals surface area contributed by atoms with Crippen molar-refractivity contribution in [3.05, 3.63) is 47.4 Å². The van der Waals surface area contributed by atoms with Crippen molar-refractivity contribution in [3.8, 4) is 0 Å². The number of nitrogens with one attached hydrogen (secondary N) is 2. The van der Waals surface area contributed by atoms with Gasteiger partial charge >= 0.3 is 6.18 Å². The molecular weight excluding hydrogens is 364 g/mol. The Labute approximate surface area is 153 Å². The lowest BCUT2D eigenvalue weighted by atomic mass is 9.96. The van der Waals surface area contributed by atoms with Crippen LogP contribution in [-0.2, 0) is 0 Å². The molecule has 0 bridgehead atoms. The average Bonchev–Trinajstić information content (AvgIpc) is 2.96. The van der Waals surface area contributed by atoms with E-state index in [2.05, 4.69) is 15.7 Å². The maximum Gasteiger partial charge on any atom is 0.410 e. The second-order valence-electron chi connectivity index (χ2n) is 7.60. The second kappa shape index (κ2) is 6.54. The Balaban J connectivity index is 2.01. The van der Waals surface area contributed by atoms with E-state index >= 15 is 0 Å². The zero-order valence-electron chi connectivity index (χ0n) is 15.1. The molecule has 0 radical (unpaired) electrons. The Hall–Kier alpha value is -2.58. The Morgan fingerprint density at radius 1 is 1.22 bits per heavy atom. The number of hydrogen-bond acceptors (Lipinski definition) is 3. The average molecular weight is 384 g/mol. The molecule has 9 heteroatoms. The number of nitrogens with zero attached hydrogens (tertiary/aromatic N) is 2. The van der Waals surface area contributed by atoms with Crippen LogP contribution in [0.2, 0.25) is 0 Å². The number of carbonyl (C=O) groups is 1. The first kappa shape index (κ1) is 19.2. The molecule has 0 saturated heterocycles. The molecule has 0 saturated carbocycles. The molecule has 146 valence electrons. The normalized spacial score (nSPS) is 20.0. The highest BCUT2D eigenvalue weighted by Gasteiger charge is 2.47. The van der Waals surface area contributed by atoms with Crippen LogP contribution in [0.5, 0.6) is 0 Å². The fraction of sp³-hybridized carbons (Fsp3) is 0.444. The third-order valence-electron chi connectivity index (χ3n) is 4.24. The first-order valence-electron chi connectivity index (χ1n) is 8.44. The fourth-order valence-corrected chi connectivity index (χ4v) is 3.05. The molecular formula is C18H20F4N4O. The molecule has 1 aliphatic rings. The molecule has 0 spiro atoms. The van der Waals surface area contributed by atoms with Crippen LogP contribution in [0, 0.1) is 5.82 Å². The van der Waals surface area contributed by atoms with Gasteiger partial charge in [0.15, 0.2) is 6.04 Å². The Bertz CT molecular complexity index is 837. The van der Waals surface area contributed by atoms with Crippen molar-refractivity contribution in [1.82, 2.24) is 15.1 Å². The number of fused-ring (bicyclic) bond motifs is 1. The largest absolute Gasteiger partial charge is 0.410 e. The van der Waals surface area contributed by atoms with Crippen molar-refractivity contribution >= 4 is 11.7 Å². The smallest absolute Gasteiger partial charge is 0.363 e. The predicted octanol–water partition coefficient (Wildman–Crippen LogP) is 4.21. The molecule has 2 heterocycles. The molecule has 1 aromatic carbocycles. The highest BCUT2D eigenvalue weighted by molar-refractivity contribution is 5.99. The fourth-order valence-electron chi connectivity index (χ4n) is 3.05. The van der Waals surface area contributed by atoms with E-state index in [0.29, 0.717) is 5.56 Å². The molecule has 5 nitrogen and oxygen atoms in total. The van der Waals surface area contributed by atoms with Crippen molar-refractivity contribution in [3.63, 3.8) is 0 Å². The summed E-state index contributed by atoms with van der Waals surface area (Å²) >= 11 is 0. The van der Waals surface area contributed by atoms with E-state index in [9.17, 15) is 22.4 Å². The number of benzene rings is 1. The van der Waals surface area contributed by atoms with Crippen LogP contribution in [0.15, 0.2) is 30.5 Å². The summed E-state index contributed by atoms with van der Waals surface area (Å²) in [5.41, 5.74) is -0.0216. The van der Waals surface area contributed by atoms with Gasteiger partial charge in [0.25, 0.3) is 5.91 Å². The third-order valence-corrected chi connectivity index (χ3v) is 4.24. The van der Waals surface area contributed by atoms with Crippen LogP contribution in [0.25, 0.3) is 0 Å². The van der Waals surface area contributed by atoms with Gasteiger partial charge in [-0.2, -0.15) is 18.3 Å². The van der Waals surface area contributed by atoms with Gasteiger partial charge in [0, 0.05) is 12.0 Å². The number of halogens is 4. The van der Waals surface area contributed by atoms with Crippen LogP contribution in [0.4, 0.5) is 23.4 Å². The van der Waals surface area contributed by atoms with Crippen LogP contribution in [0.3, 0.4) is 0 Å². The standard InChI is InChI=1S/C18H20F4N4O/c1-17(2,3)25-16(27)12-9-23-26-14(18(20,21)22)8-13(24-15(12)26)10-4-6-11(19)7-5-10/h4-7,9,13-14,24H,8H2,1-3H3,(H,25,27)/t13-,14+/m0/s1. The molecule has 1 aromatic heterocycles. The van der Waals surface area contributed by atoms with E-state index in [1.165, 1.54) is 24.3 Å². The van der Waals surface area contributed by atoms with Crippen LogP contribution in [0.1, 0.15) is 55.2 Å². The van der Waals surface area contributed by atoms with Gasteiger partial charge in [-0.05, 0) is 38.5 Å². The molecule has 1 amide bonds. The maximum atomic E-state index is 13.6. The van der Waals surface area contributed by atoms with Crippen LogP contribution < -0.4 is 10.6 Å². The lowest BCUT2D eigenvalue weighted by Crippen LogP contribution is -2.41. The van der Waals surface area contributed by atoms with E-state index in [1.54, 1.807) is 20.8 Å². The Kier molecular flexibility index (Phi) is 4.65. The molecule has 27 heavy (non-hydrogen) atoms. The lowest BCUT2D eigenvalue weighted by molar-refractivity contribution is -0.173. The number of aromatic nitrogens is 2. The minimum absolute atomic E-state index is 0.000324. The quantitative estimate of drug-likeness (QED) is 0.763. The number of amides is 1. The first-order valence-corrected chi connectivity index (χ1v) is 8.44. The van der Waals surface area contributed by atoms with Crippen molar-refractivity contribution in [2.75, 3.05) is 5.32 Å². The number of hydrogen-bond donors (Lipinski definition) is 2. The summed E-state index contributed by atoms with van der Waals surface area (Å²) in [4.78, 5) is 12.5. The predicted molar refractivity (Wildman–Crippen MR) is 91.9 cm³/mol. The van der Waals surface area contributed by atoms with Gasteiger partial charge in [-0.1, -0.05) is 12.1 Å². The summed E-state index contributed by atoms with van der Waals surface area (Å²) in [5, 5.41) is 9.50. The molecule has 3 rings (SSSR count). The first-order chi connectivity index (χ1) is 12.5. The highest BCUT2D eigenvalue weighted by atomic mass is 19.4. The summed E-state index contributed by atoms with van der Waals surface area (Å²) in [6.45, 7) is 5.32. The summed E-state index contributed by atoms with van der Waals surface area (Å²) in [7, 11) is 0. The second-order valence-corrected chi connectivity index (χ2v) is 7.60. The van der Waals surface area contributed by atoms with Crippen molar-refractivity contribution in [2.24, 2.45) is 0 Å². The van der Waals surface area contributed by atoms with Gasteiger partial charge in [-0.15, -0.1) is 0 Å². The number of rotatable bonds is 2. The zero-order valence-corrected chi connectivity index (χ0v) is 15.1. The Morgan fingerprint density at radius 2 is 1.85 bits per heavy atom. The SMILES string of the molecule is CC(C)(C)NC(=O)c1cnn2c1N[C@H](c1ccc(F)cc1)C[C@@H]2C(F)(F)F. The molecule has 2 atom stereocenters. The lowest BCUT2D eigenvalue weighted by Gasteiger charge is -2.34. The van der Waals surface area contributed by atoms with E-state index in [0.717, 1.165) is 10.9 Å². The summed E-state index contributed by atoms with van der Waals surface area (Å²) in [5.74, 6) is -0.992. The van der Waals surface area contributed by atoms with Crippen LogP contribution >= 0.6 is 0 Å². The molecule has 0 fully saturated rings. The summed E-state index contributed by atoms with van der Waals surface area (Å²) < 4.78 is 54.8. The monoisotopic (exact) mass is 384 g/mol. The van der Waals surface area contributed by atoms with Gasteiger partial charge in [-0.25, -0.2) is 9.07 Å². The number of alkyl halides is 3. The molecule has 2 aromatic rings. The van der Waals surface area contributed by atoms with Gasteiger partial charge in [0.2, 0.25) is 0 Å². The molecule has 2 N–H and O–H groups in total. The van der Waals surface area contributed by atoms with Gasteiger partial charge in [0.1, 0.15) is 17.2 Å². The van der Waals surface area contributed by atoms with E-state index in [1.807, 2.05) is 0 Å². The zero-order chi connectivity index (χ0) is 20.0.